The van der Waals surface area contributed by atoms with Gasteiger partial charge in [0, 0.05) is 5.56 Å². The Morgan fingerprint density at radius 3 is 1.74 bits per heavy atom. The standard InChI is InChI=1S/C10H15NO2.C9H4F6O.C7H6O2/c1-12-9-4-3-8(5-6-11)7-10(9)13-2;10-8(11,12)6-1-5(4-16)2-7(3-6)9(13,14)15;8-7(9)6-4-2-1-3-5-6/h3-4,7H,5-6,11H2,1-2H3;1-4H;1-5H,(H,8,9). The first kappa shape index (κ1) is 32.0. The van der Waals surface area contributed by atoms with E-state index in [-0.39, 0.29) is 12.4 Å². The Hall–Kier alpha value is -4.06. The molecule has 3 rings (SSSR count). The molecular weight excluding hydrogens is 520 g/mol. The maximum absolute atomic E-state index is 12.2. The lowest BCUT2D eigenvalue weighted by Gasteiger charge is -2.12. The van der Waals surface area contributed by atoms with Crippen LogP contribution in [-0.4, -0.2) is 38.1 Å². The summed E-state index contributed by atoms with van der Waals surface area (Å²) in [6, 6.07) is 14.8. The summed E-state index contributed by atoms with van der Waals surface area (Å²) in [7, 11) is 3.25. The van der Waals surface area contributed by atoms with Crippen LogP contribution in [0.25, 0.3) is 0 Å². The second-order valence-corrected chi connectivity index (χ2v) is 7.36. The van der Waals surface area contributed by atoms with E-state index in [4.69, 9.17) is 20.3 Å². The van der Waals surface area contributed by atoms with Gasteiger partial charge < -0.3 is 20.3 Å². The Kier molecular flexibility index (Phi) is 12.3. The zero-order valence-corrected chi connectivity index (χ0v) is 20.3. The van der Waals surface area contributed by atoms with Crippen LogP contribution in [0.1, 0.15) is 37.4 Å². The number of benzene rings is 3. The maximum Gasteiger partial charge on any atom is 0.416 e. The van der Waals surface area contributed by atoms with E-state index in [1.54, 1.807) is 44.6 Å². The number of carboxylic acid groups (broad SMARTS) is 1. The zero-order chi connectivity index (χ0) is 28.9. The zero-order valence-electron chi connectivity index (χ0n) is 20.3. The molecular formula is C26H25F6NO5. The van der Waals surface area contributed by atoms with Crippen LogP contribution >= 0.6 is 0 Å². The topological polar surface area (TPSA) is 98.8 Å². The second kappa shape index (κ2) is 14.6. The largest absolute Gasteiger partial charge is 0.493 e. The van der Waals surface area contributed by atoms with Crippen molar-refractivity contribution < 1.29 is 50.5 Å². The number of hydrogen-bond acceptors (Lipinski definition) is 5. The molecule has 38 heavy (non-hydrogen) atoms. The van der Waals surface area contributed by atoms with Crippen LogP contribution in [0.2, 0.25) is 0 Å². The minimum atomic E-state index is -4.92. The van der Waals surface area contributed by atoms with Crippen molar-refractivity contribution in [2.24, 2.45) is 5.73 Å². The highest BCUT2D eigenvalue weighted by Gasteiger charge is 2.36. The van der Waals surface area contributed by atoms with Gasteiger partial charge in [-0.3, -0.25) is 4.79 Å². The minimum Gasteiger partial charge on any atom is -0.493 e. The van der Waals surface area contributed by atoms with Crippen LogP contribution in [0.3, 0.4) is 0 Å². The third-order valence-corrected chi connectivity index (χ3v) is 4.65. The minimum absolute atomic E-state index is 0.0347. The first-order chi connectivity index (χ1) is 17.8. The van der Waals surface area contributed by atoms with Gasteiger partial charge >= 0.3 is 18.3 Å². The summed E-state index contributed by atoms with van der Waals surface area (Å²) < 4.78 is 83.4. The summed E-state index contributed by atoms with van der Waals surface area (Å²) >= 11 is 0. The van der Waals surface area contributed by atoms with Crippen LogP contribution in [0.4, 0.5) is 26.3 Å². The van der Waals surface area contributed by atoms with Gasteiger partial charge in [-0.1, -0.05) is 24.3 Å². The van der Waals surface area contributed by atoms with Gasteiger partial charge in [-0.15, -0.1) is 0 Å². The number of nitrogens with two attached hydrogens (primary N) is 1. The molecule has 0 radical (unpaired) electrons. The second-order valence-electron chi connectivity index (χ2n) is 7.36. The van der Waals surface area contributed by atoms with E-state index >= 15 is 0 Å². The first-order valence-corrected chi connectivity index (χ1v) is 10.7. The lowest BCUT2D eigenvalue weighted by molar-refractivity contribution is -0.143. The van der Waals surface area contributed by atoms with Crippen molar-refractivity contribution in [3.8, 4) is 11.5 Å². The van der Waals surface area contributed by atoms with Gasteiger partial charge in [-0.05, 0) is 61.0 Å². The van der Waals surface area contributed by atoms with Gasteiger partial charge in [0.2, 0.25) is 0 Å². The normalized spacial score (nSPS) is 10.8. The Bertz CT molecular complexity index is 1150. The van der Waals surface area contributed by atoms with Gasteiger partial charge in [0.15, 0.2) is 11.5 Å². The Balaban J connectivity index is 0.000000296. The van der Waals surface area contributed by atoms with Crippen molar-refractivity contribution in [3.05, 3.63) is 94.5 Å². The molecule has 3 aromatic rings. The van der Waals surface area contributed by atoms with E-state index in [1.165, 1.54) is 5.56 Å². The SMILES string of the molecule is COc1ccc(CCN)cc1OC.O=C(O)c1ccccc1.O=Cc1cc(C(F)(F)F)cc(C(F)(F)F)c1. The molecule has 0 bridgehead atoms. The van der Waals surface area contributed by atoms with Crippen LogP contribution < -0.4 is 15.2 Å². The van der Waals surface area contributed by atoms with Gasteiger partial charge in [0.05, 0.1) is 30.9 Å². The summed E-state index contributed by atoms with van der Waals surface area (Å²) in [5, 5.41) is 8.38. The molecule has 0 aliphatic rings. The summed E-state index contributed by atoms with van der Waals surface area (Å²) in [5.74, 6) is 0.632. The smallest absolute Gasteiger partial charge is 0.416 e. The number of alkyl halides is 6. The molecule has 0 atom stereocenters. The number of carbonyl (C=O) groups is 2. The fourth-order valence-electron chi connectivity index (χ4n) is 2.83. The van der Waals surface area contributed by atoms with Crippen LogP contribution in [0.15, 0.2) is 66.7 Å². The Labute approximate surface area is 214 Å². The van der Waals surface area contributed by atoms with Gasteiger partial charge in [-0.2, -0.15) is 26.3 Å². The van der Waals surface area contributed by atoms with E-state index in [9.17, 15) is 35.9 Å². The molecule has 6 nitrogen and oxygen atoms in total. The number of halogens is 6. The number of hydrogen-bond donors (Lipinski definition) is 2. The monoisotopic (exact) mass is 545 g/mol. The number of carbonyl (C=O) groups excluding carboxylic acids is 1. The van der Waals surface area contributed by atoms with Crippen molar-refractivity contribution in [2.75, 3.05) is 20.8 Å². The molecule has 206 valence electrons. The third-order valence-electron chi connectivity index (χ3n) is 4.65. The lowest BCUT2D eigenvalue weighted by atomic mass is 10.1. The van der Waals surface area contributed by atoms with Gasteiger partial charge in [0.25, 0.3) is 0 Å². The number of aromatic carboxylic acids is 1. The number of rotatable bonds is 6. The average Bonchev–Trinajstić information content (AvgIpc) is 2.88. The highest BCUT2D eigenvalue weighted by molar-refractivity contribution is 5.87. The quantitative estimate of drug-likeness (QED) is 0.286. The predicted molar refractivity (Wildman–Crippen MR) is 128 cm³/mol. The molecule has 0 aromatic heterocycles. The predicted octanol–water partition coefficient (Wildman–Crippen LogP) is 6.13. The Morgan fingerprint density at radius 2 is 1.37 bits per heavy atom. The molecule has 0 spiro atoms. The molecule has 12 heteroatoms. The maximum atomic E-state index is 12.2. The van der Waals surface area contributed by atoms with Gasteiger partial charge in [-0.25, -0.2) is 4.79 Å². The van der Waals surface area contributed by atoms with E-state index in [0.717, 1.165) is 17.9 Å². The number of methoxy groups -OCH3 is 2. The molecule has 0 saturated carbocycles. The van der Waals surface area contributed by atoms with E-state index in [1.807, 2.05) is 18.2 Å². The number of ether oxygens (including phenoxy) is 2. The first-order valence-electron chi connectivity index (χ1n) is 10.7. The van der Waals surface area contributed by atoms with Crippen molar-refractivity contribution in [2.45, 2.75) is 18.8 Å². The third kappa shape index (κ3) is 10.5. The number of aldehydes is 1. The van der Waals surface area contributed by atoms with Crippen molar-refractivity contribution in [3.63, 3.8) is 0 Å². The average molecular weight is 545 g/mol. The summed E-state index contributed by atoms with van der Waals surface area (Å²) in [5.41, 5.74) is 3.29. The van der Waals surface area contributed by atoms with Crippen molar-refractivity contribution >= 4 is 12.3 Å². The fraction of sp³-hybridized carbons (Fsp3) is 0.231. The van der Waals surface area contributed by atoms with Crippen LogP contribution in [-0.2, 0) is 18.8 Å². The molecule has 0 amide bonds. The van der Waals surface area contributed by atoms with E-state index in [0.29, 0.717) is 24.2 Å². The summed E-state index contributed by atoms with van der Waals surface area (Å²) in [6.45, 7) is 0.648. The molecule has 0 unspecified atom stereocenters. The molecule has 0 heterocycles. The van der Waals surface area contributed by atoms with E-state index in [2.05, 4.69) is 0 Å². The summed E-state index contributed by atoms with van der Waals surface area (Å²) in [4.78, 5) is 20.4. The molecule has 0 aliphatic heterocycles. The number of carboxylic acids is 1. The Morgan fingerprint density at radius 1 is 0.842 bits per heavy atom. The summed E-state index contributed by atoms with van der Waals surface area (Å²) in [6.07, 6.45) is -9.04. The van der Waals surface area contributed by atoms with Gasteiger partial charge in [0.1, 0.15) is 6.29 Å². The molecule has 3 N–H and O–H groups in total. The van der Waals surface area contributed by atoms with Crippen LogP contribution in [0, 0.1) is 0 Å². The van der Waals surface area contributed by atoms with Crippen molar-refractivity contribution in [1.82, 2.24) is 0 Å². The van der Waals surface area contributed by atoms with E-state index < -0.39 is 35.0 Å². The van der Waals surface area contributed by atoms with Crippen LogP contribution in [0.5, 0.6) is 11.5 Å². The highest BCUT2D eigenvalue weighted by Crippen LogP contribution is 2.36. The molecule has 0 aliphatic carbocycles. The highest BCUT2D eigenvalue weighted by atomic mass is 19.4. The molecule has 3 aromatic carbocycles. The fourth-order valence-corrected chi connectivity index (χ4v) is 2.83. The molecule has 0 saturated heterocycles. The lowest BCUT2D eigenvalue weighted by Crippen LogP contribution is -2.11. The molecule has 0 fully saturated rings. The van der Waals surface area contributed by atoms with Crippen molar-refractivity contribution in [1.29, 1.82) is 0 Å².